The Morgan fingerprint density at radius 2 is 2.26 bits per heavy atom. The van der Waals surface area contributed by atoms with Crippen LogP contribution in [0.15, 0.2) is 12.1 Å². The molecule has 1 heterocycles. The average molecular weight is 281 g/mol. The third kappa shape index (κ3) is 2.14. The third-order valence-electron chi connectivity index (χ3n) is 4.10. The minimum atomic E-state index is -0.183. The lowest BCUT2D eigenvalue weighted by molar-refractivity contribution is 0.618. The second kappa shape index (κ2) is 4.78. The normalized spacial score (nSPS) is 22.1. The van der Waals surface area contributed by atoms with Gasteiger partial charge in [0, 0.05) is 24.4 Å². The zero-order valence-electron chi connectivity index (χ0n) is 11.3. The first-order chi connectivity index (χ1) is 9.15. The lowest BCUT2D eigenvalue weighted by Crippen LogP contribution is -2.04. The number of hydrogen-bond donors (Lipinski definition) is 0. The van der Waals surface area contributed by atoms with Crippen molar-refractivity contribution in [1.82, 2.24) is 9.55 Å². The van der Waals surface area contributed by atoms with Gasteiger partial charge >= 0.3 is 0 Å². The van der Waals surface area contributed by atoms with Gasteiger partial charge in [0.05, 0.1) is 11.0 Å². The van der Waals surface area contributed by atoms with Crippen LogP contribution in [-0.4, -0.2) is 15.4 Å². The third-order valence-corrected chi connectivity index (χ3v) is 4.29. The van der Waals surface area contributed by atoms with Crippen LogP contribution in [0.2, 0.25) is 0 Å². The van der Waals surface area contributed by atoms with Crippen molar-refractivity contribution in [2.75, 3.05) is 5.88 Å². The van der Waals surface area contributed by atoms with Gasteiger partial charge in [0.15, 0.2) is 0 Å². The Morgan fingerprint density at radius 1 is 1.47 bits per heavy atom. The van der Waals surface area contributed by atoms with Gasteiger partial charge in [0.1, 0.15) is 11.6 Å². The highest BCUT2D eigenvalue weighted by molar-refractivity contribution is 6.17. The molecule has 3 rings (SSSR count). The van der Waals surface area contributed by atoms with E-state index in [9.17, 15) is 4.39 Å². The summed E-state index contributed by atoms with van der Waals surface area (Å²) in [6, 6.07) is 3.99. The highest BCUT2D eigenvalue weighted by Crippen LogP contribution is 2.47. The lowest BCUT2D eigenvalue weighted by atomic mass is 10.2. The molecule has 1 aliphatic carbocycles. The molecule has 0 spiro atoms. The summed E-state index contributed by atoms with van der Waals surface area (Å²) < 4.78 is 15.9. The van der Waals surface area contributed by atoms with Crippen LogP contribution in [0, 0.1) is 18.7 Å². The minimum Gasteiger partial charge on any atom is -0.325 e. The van der Waals surface area contributed by atoms with E-state index < -0.39 is 0 Å². The maximum atomic E-state index is 13.7. The second-order valence-corrected chi connectivity index (χ2v) is 5.78. The fraction of sp³-hybridized carbons (Fsp3) is 0.533. The summed E-state index contributed by atoms with van der Waals surface area (Å²) in [7, 11) is 0. The van der Waals surface area contributed by atoms with Crippen molar-refractivity contribution in [2.24, 2.45) is 5.92 Å². The Morgan fingerprint density at radius 3 is 2.89 bits per heavy atom. The van der Waals surface area contributed by atoms with Crippen molar-refractivity contribution in [1.29, 1.82) is 0 Å². The molecular formula is C15H18ClFN2. The predicted molar refractivity (Wildman–Crippen MR) is 76.3 cm³/mol. The van der Waals surface area contributed by atoms with E-state index in [1.165, 1.54) is 12.8 Å². The molecule has 1 aromatic heterocycles. The molecule has 2 atom stereocenters. The number of alkyl halides is 1. The first-order valence-corrected chi connectivity index (χ1v) is 7.42. The van der Waals surface area contributed by atoms with E-state index >= 15 is 0 Å². The summed E-state index contributed by atoms with van der Waals surface area (Å²) >= 11 is 5.87. The SMILES string of the molecule is CCC1CC1n1c(CCCl)nc2cc(F)c(C)cc21. The first-order valence-electron chi connectivity index (χ1n) is 6.88. The molecule has 1 saturated carbocycles. The summed E-state index contributed by atoms with van der Waals surface area (Å²) in [6.45, 7) is 4.02. The smallest absolute Gasteiger partial charge is 0.128 e. The summed E-state index contributed by atoms with van der Waals surface area (Å²) in [5.74, 6) is 2.10. The Balaban J connectivity index is 2.15. The number of nitrogens with zero attached hydrogens (tertiary/aromatic N) is 2. The van der Waals surface area contributed by atoms with E-state index in [0.29, 0.717) is 17.5 Å². The molecule has 1 aromatic carbocycles. The van der Waals surface area contributed by atoms with Gasteiger partial charge in [0.2, 0.25) is 0 Å². The number of benzene rings is 1. The summed E-state index contributed by atoms with van der Waals surface area (Å²) in [5.41, 5.74) is 2.49. The average Bonchev–Trinajstić information content (AvgIpc) is 3.08. The molecule has 2 unspecified atom stereocenters. The zero-order valence-corrected chi connectivity index (χ0v) is 12.0. The van der Waals surface area contributed by atoms with Gasteiger partial charge in [-0.05, 0) is 30.9 Å². The topological polar surface area (TPSA) is 17.8 Å². The van der Waals surface area contributed by atoms with E-state index in [1.807, 2.05) is 6.07 Å². The first kappa shape index (κ1) is 12.9. The number of hydrogen-bond acceptors (Lipinski definition) is 1. The van der Waals surface area contributed by atoms with Crippen LogP contribution in [-0.2, 0) is 6.42 Å². The lowest BCUT2D eigenvalue weighted by Gasteiger charge is -2.08. The van der Waals surface area contributed by atoms with Gasteiger partial charge in [-0.25, -0.2) is 9.37 Å². The molecule has 2 nitrogen and oxygen atoms in total. The van der Waals surface area contributed by atoms with Gasteiger partial charge in [0.25, 0.3) is 0 Å². The number of imidazole rings is 1. The Labute approximate surface area is 117 Å². The van der Waals surface area contributed by atoms with E-state index in [1.54, 1.807) is 13.0 Å². The minimum absolute atomic E-state index is 0.183. The Kier molecular flexibility index (Phi) is 3.25. The van der Waals surface area contributed by atoms with Crippen LogP contribution >= 0.6 is 11.6 Å². The fourth-order valence-corrected chi connectivity index (χ4v) is 3.06. The molecule has 0 saturated heterocycles. The molecule has 2 aromatic rings. The van der Waals surface area contributed by atoms with Crippen molar-refractivity contribution in [3.8, 4) is 0 Å². The number of rotatable bonds is 4. The molecule has 0 N–H and O–H groups in total. The summed E-state index contributed by atoms with van der Waals surface area (Å²) in [4.78, 5) is 4.57. The zero-order chi connectivity index (χ0) is 13.6. The van der Waals surface area contributed by atoms with Gasteiger partial charge < -0.3 is 4.57 Å². The number of aromatic nitrogens is 2. The van der Waals surface area contributed by atoms with Crippen LogP contribution in [0.1, 0.15) is 37.2 Å². The highest BCUT2D eigenvalue weighted by atomic mass is 35.5. The fourth-order valence-electron chi connectivity index (χ4n) is 2.89. The van der Waals surface area contributed by atoms with Crippen molar-refractivity contribution >= 4 is 22.6 Å². The maximum Gasteiger partial charge on any atom is 0.128 e. The molecule has 0 amide bonds. The van der Waals surface area contributed by atoms with Gasteiger partial charge in [-0.15, -0.1) is 11.6 Å². The Hall–Kier alpha value is -1.09. The largest absolute Gasteiger partial charge is 0.325 e. The van der Waals surface area contributed by atoms with E-state index in [4.69, 9.17) is 11.6 Å². The standard InChI is InChI=1S/C15H18ClFN2/c1-3-10-7-13(10)19-14-6-9(2)11(17)8-12(14)18-15(19)4-5-16/h6,8,10,13H,3-5,7H2,1-2H3. The van der Waals surface area contributed by atoms with Crippen molar-refractivity contribution in [3.05, 3.63) is 29.3 Å². The van der Waals surface area contributed by atoms with Crippen molar-refractivity contribution in [3.63, 3.8) is 0 Å². The molecule has 0 aliphatic heterocycles. The molecule has 19 heavy (non-hydrogen) atoms. The van der Waals surface area contributed by atoms with Gasteiger partial charge in [-0.2, -0.15) is 0 Å². The van der Waals surface area contributed by atoms with Crippen molar-refractivity contribution < 1.29 is 4.39 Å². The Bertz CT molecular complexity index is 620. The molecule has 1 aliphatic rings. The molecular weight excluding hydrogens is 263 g/mol. The monoisotopic (exact) mass is 280 g/mol. The number of fused-ring (bicyclic) bond motifs is 1. The number of aryl methyl sites for hydroxylation is 2. The van der Waals surface area contributed by atoms with E-state index in [0.717, 1.165) is 29.2 Å². The predicted octanol–water partition coefficient (Wildman–Crippen LogP) is 4.24. The van der Waals surface area contributed by atoms with E-state index in [-0.39, 0.29) is 5.82 Å². The van der Waals surface area contributed by atoms with Crippen LogP contribution in [0.3, 0.4) is 0 Å². The van der Waals surface area contributed by atoms with Crippen LogP contribution in [0.4, 0.5) is 4.39 Å². The summed E-state index contributed by atoms with van der Waals surface area (Å²) in [5, 5.41) is 0. The van der Waals surface area contributed by atoms with Gasteiger partial charge in [-0.3, -0.25) is 0 Å². The van der Waals surface area contributed by atoms with Crippen LogP contribution < -0.4 is 0 Å². The molecule has 4 heteroatoms. The van der Waals surface area contributed by atoms with Crippen LogP contribution in [0.25, 0.3) is 11.0 Å². The second-order valence-electron chi connectivity index (χ2n) is 5.40. The molecule has 0 radical (unpaired) electrons. The molecule has 0 bridgehead atoms. The summed E-state index contributed by atoms with van der Waals surface area (Å²) in [6.07, 6.45) is 3.13. The van der Waals surface area contributed by atoms with Crippen molar-refractivity contribution in [2.45, 2.75) is 39.2 Å². The highest BCUT2D eigenvalue weighted by Gasteiger charge is 2.39. The number of halogens is 2. The van der Waals surface area contributed by atoms with Crippen LogP contribution in [0.5, 0.6) is 0 Å². The quantitative estimate of drug-likeness (QED) is 0.766. The molecule has 1 fully saturated rings. The van der Waals surface area contributed by atoms with Gasteiger partial charge in [-0.1, -0.05) is 13.3 Å². The van der Waals surface area contributed by atoms with E-state index in [2.05, 4.69) is 16.5 Å². The molecule has 102 valence electrons. The maximum absolute atomic E-state index is 13.7.